The molecule has 1 saturated heterocycles. The van der Waals surface area contributed by atoms with Gasteiger partial charge in [-0.1, -0.05) is 19.9 Å². The lowest BCUT2D eigenvalue weighted by atomic mass is 10.0. The number of piperazine rings is 1. The van der Waals surface area contributed by atoms with E-state index in [0.717, 1.165) is 62.0 Å². The van der Waals surface area contributed by atoms with Crippen LogP contribution in [0.3, 0.4) is 0 Å². The van der Waals surface area contributed by atoms with E-state index in [9.17, 15) is 0 Å². The first-order valence-electron chi connectivity index (χ1n) is 10.2. The molecule has 0 amide bonds. The van der Waals surface area contributed by atoms with Crippen molar-refractivity contribution in [3.8, 4) is 11.5 Å². The number of methoxy groups -OCH3 is 2. The van der Waals surface area contributed by atoms with Crippen molar-refractivity contribution in [2.24, 2.45) is 5.92 Å². The topological polar surface area (TPSA) is 70.9 Å². The maximum absolute atomic E-state index is 5.78. The normalized spacial score (nSPS) is 20.9. The highest BCUT2D eigenvalue weighted by Crippen LogP contribution is 2.35. The maximum atomic E-state index is 5.78. The Morgan fingerprint density at radius 2 is 1.86 bits per heavy atom. The van der Waals surface area contributed by atoms with Crippen molar-refractivity contribution in [2.45, 2.75) is 32.9 Å². The van der Waals surface area contributed by atoms with E-state index >= 15 is 0 Å². The average molecular weight is 391 g/mol. The number of likely N-dealkylation sites (N-methyl/N-ethyl adjacent to an activating group) is 1. The van der Waals surface area contributed by atoms with Gasteiger partial charge in [0.15, 0.2) is 17.5 Å². The Kier molecular flexibility index (Phi) is 6.85. The predicted octanol–water partition coefficient (Wildman–Crippen LogP) is -0.761. The highest BCUT2D eigenvalue weighted by Gasteiger charge is 2.37. The van der Waals surface area contributed by atoms with Crippen LogP contribution in [0.5, 0.6) is 11.5 Å². The number of hydrogen-bond donors (Lipinski definition) is 2. The second-order valence-electron chi connectivity index (χ2n) is 8.07. The molecule has 1 aromatic carbocycles. The van der Waals surface area contributed by atoms with Crippen LogP contribution in [0.25, 0.3) is 0 Å². The van der Waals surface area contributed by atoms with E-state index in [1.807, 2.05) is 16.8 Å². The summed E-state index contributed by atoms with van der Waals surface area (Å²) in [6.45, 7) is 9.66. The van der Waals surface area contributed by atoms with Crippen molar-refractivity contribution in [1.82, 2.24) is 20.2 Å². The Balaban J connectivity index is 2.04. The molecule has 1 atom stereocenters. The maximum Gasteiger partial charge on any atom is 0.214 e. The third-order valence-corrected chi connectivity index (χ3v) is 5.63. The molecule has 2 aromatic rings. The van der Waals surface area contributed by atoms with Gasteiger partial charge < -0.3 is 19.3 Å². The molecule has 8 nitrogen and oxygen atoms in total. The summed E-state index contributed by atoms with van der Waals surface area (Å²) in [5, 5.41) is 12.8. The minimum absolute atomic E-state index is 0.0142. The van der Waals surface area contributed by atoms with Crippen LogP contribution in [0, 0.1) is 5.92 Å². The predicted molar refractivity (Wildman–Crippen MR) is 106 cm³/mol. The summed E-state index contributed by atoms with van der Waals surface area (Å²) in [5.74, 6) is 3.01. The minimum Gasteiger partial charge on any atom is -0.493 e. The monoisotopic (exact) mass is 390 g/mol. The number of aromatic nitrogens is 4. The summed E-state index contributed by atoms with van der Waals surface area (Å²) in [7, 11) is 5.63. The molecule has 0 saturated carbocycles. The number of ether oxygens (including phenoxy) is 2. The molecule has 154 valence electrons. The van der Waals surface area contributed by atoms with Crippen molar-refractivity contribution in [3.05, 3.63) is 29.6 Å². The smallest absolute Gasteiger partial charge is 0.214 e. The zero-order valence-corrected chi connectivity index (χ0v) is 17.7. The summed E-state index contributed by atoms with van der Waals surface area (Å²) >= 11 is 0. The molecule has 28 heavy (non-hydrogen) atoms. The number of hydrogen-bond acceptors (Lipinski definition) is 5. The van der Waals surface area contributed by atoms with E-state index in [0.29, 0.717) is 5.92 Å². The van der Waals surface area contributed by atoms with Gasteiger partial charge in [-0.25, -0.2) is 4.68 Å². The van der Waals surface area contributed by atoms with Gasteiger partial charge in [-0.15, -0.1) is 5.10 Å². The Morgan fingerprint density at radius 1 is 1.11 bits per heavy atom. The van der Waals surface area contributed by atoms with Crippen molar-refractivity contribution < 1.29 is 19.3 Å². The SMILES string of the molecule is COc1cccc([C@H](c2nnnn2CCC(C)C)[NH+]2CC[NH+](C)CC2)c1OC. The second kappa shape index (κ2) is 9.34. The molecule has 0 unspecified atom stereocenters. The number of rotatable bonds is 8. The van der Waals surface area contributed by atoms with Gasteiger partial charge in [-0.2, -0.15) is 0 Å². The van der Waals surface area contributed by atoms with E-state index in [1.54, 1.807) is 19.1 Å². The average Bonchev–Trinajstić information content (AvgIpc) is 3.16. The molecule has 8 heteroatoms. The Hall–Kier alpha value is -2.19. The van der Waals surface area contributed by atoms with Gasteiger partial charge in [0.05, 0.1) is 26.8 Å². The summed E-state index contributed by atoms with van der Waals surface area (Å²) in [6.07, 6.45) is 1.04. The van der Waals surface area contributed by atoms with Gasteiger partial charge in [0.1, 0.15) is 26.2 Å². The molecule has 0 radical (unpaired) electrons. The lowest BCUT2D eigenvalue weighted by Gasteiger charge is -2.33. The molecule has 0 spiro atoms. The lowest BCUT2D eigenvalue weighted by Crippen LogP contribution is -3.27. The Morgan fingerprint density at radius 3 is 2.50 bits per heavy atom. The molecule has 2 N–H and O–H groups in total. The minimum atomic E-state index is 0.0142. The number of nitrogens with zero attached hydrogens (tertiary/aromatic N) is 4. The van der Waals surface area contributed by atoms with Gasteiger partial charge in [0.25, 0.3) is 0 Å². The van der Waals surface area contributed by atoms with Gasteiger partial charge in [-0.05, 0) is 34.9 Å². The molecular weight excluding hydrogens is 356 g/mol. The van der Waals surface area contributed by atoms with Crippen LogP contribution in [-0.2, 0) is 6.54 Å². The quantitative estimate of drug-likeness (QED) is 0.620. The van der Waals surface area contributed by atoms with E-state index in [1.165, 1.54) is 4.90 Å². The van der Waals surface area contributed by atoms with Crippen LogP contribution in [0.2, 0.25) is 0 Å². The summed E-state index contributed by atoms with van der Waals surface area (Å²) in [6, 6.07) is 6.09. The van der Waals surface area contributed by atoms with Crippen LogP contribution in [-0.4, -0.2) is 67.7 Å². The van der Waals surface area contributed by atoms with E-state index in [-0.39, 0.29) is 6.04 Å². The fourth-order valence-electron chi connectivity index (χ4n) is 3.93. The summed E-state index contributed by atoms with van der Waals surface area (Å²) in [4.78, 5) is 3.04. The highest BCUT2D eigenvalue weighted by atomic mass is 16.5. The van der Waals surface area contributed by atoms with E-state index in [2.05, 4.69) is 42.5 Å². The van der Waals surface area contributed by atoms with Crippen molar-refractivity contribution >= 4 is 0 Å². The number of benzene rings is 1. The third kappa shape index (κ3) is 4.44. The number of aryl methyl sites for hydroxylation is 1. The molecular formula is C20H34N6O2+2. The number of para-hydroxylation sites is 1. The Labute approximate surface area is 167 Å². The van der Waals surface area contributed by atoms with Gasteiger partial charge in [0.2, 0.25) is 5.82 Å². The molecule has 0 aliphatic carbocycles. The zero-order valence-electron chi connectivity index (χ0n) is 17.7. The van der Waals surface area contributed by atoms with Crippen LogP contribution in [0.1, 0.15) is 37.7 Å². The van der Waals surface area contributed by atoms with Crippen molar-refractivity contribution in [2.75, 3.05) is 47.4 Å². The lowest BCUT2D eigenvalue weighted by molar-refractivity contribution is -1.02. The first-order valence-corrected chi connectivity index (χ1v) is 10.2. The van der Waals surface area contributed by atoms with Crippen molar-refractivity contribution in [3.63, 3.8) is 0 Å². The zero-order chi connectivity index (χ0) is 20.1. The second-order valence-corrected chi connectivity index (χ2v) is 8.07. The van der Waals surface area contributed by atoms with Gasteiger partial charge in [-0.3, -0.25) is 0 Å². The molecule has 1 aliphatic rings. The third-order valence-electron chi connectivity index (χ3n) is 5.63. The fraction of sp³-hybridized carbons (Fsp3) is 0.650. The highest BCUT2D eigenvalue weighted by molar-refractivity contribution is 5.48. The number of nitrogens with one attached hydrogen (secondary N) is 2. The van der Waals surface area contributed by atoms with Gasteiger partial charge >= 0.3 is 0 Å². The number of quaternary nitrogens is 2. The molecule has 1 fully saturated rings. The summed E-state index contributed by atoms with van der Waals surface area (Å²) in [5.41, 5.74) is 1.08. The van der Waals surface area contributed by atoms with Crippen LogP contribution >= 0.6 is 0 Å². The summed E-state index contributed by atoms with van der Waals surface area (Å²) < 4.78 is 13.3. The first-order chi connectivity index (χ1) is 13.5. The molecule has 2 heterocycles. The van der Waals surface area contributed by atoms with Crippen molar-refractivity contribution in [1.29, 1.82) is 0 Å². The van der Waals surface area contributed by atoms with Gasteiger partial charge in [0, 0.05) is 6.54 Å². The molecule has 1 aromatic heterocycles. The largest absolute Gasteiger partial charge is 0.493 e. The van der Waals surface area contributed by atoms with Crippen LogP contribution < -0.4 is 19.3 Å². The first kappa shape index (κ1) is 20.5. The van der Waals surface area contributed by atoms with E-state index < -0.39 is 0 Å². The van der Waals surface area contributed by atoms with E-state index in [4.69, 9.17) is 9.47 Å². The Bertz CT molecular complexity index is 755. The number of tetrazole rings is 1. The standard InChI is InChI=1S/C20H32N6O2/c1-15(2)9-10-26-20(21-22-23-26)18(25-13-11-24(3)12-14-25)16-7-6-8-17(27-4)19(16)28-5/h6-8,15,18H,9-14H2,1-5H3/p+2/t18-/m1/s1. The van der Waals surface area contributed by atoms with Crippen LogP contribution in [0.4, 0.5) is 0 Å². The molecule has 0 bridgehead atoms. The van der Waals surface area contributed by atoms with Crippen LogP contribution in [0.15, 0.2) is 18.2 Å². The molecule has 3 rings (SSSR count). The molecule has 1 aliphatic heterocycles. The fourth-order valence-corrected chi connectivity index (χ4v) is 3.93.